The molecule has 0 radical (unpaired) electrons. The van der Waals surface area contributed by atoms with Gasteiger partial charge in [-0.15, -0.1) is 5.10 Å². The number of piperidine rings is 1. The highest BCUT2D eigenvalue weighted by atomic mass is 19.1. The molecule has 10 heteroatoms. The first kappa shape index (κ1) is 24.6. The summed E-state index contributed by atoms with van der Waals surface area (Å²) < 4.78 is 32.8. The van der Waals surface area contributed by atoms with E-state index in [1.165, 1.54) is 12.1 Å². The van der Waals surface area contributed by atoms with Crippen LogP contribution in [0.25, 0.3) is 0 Å². The quantitative estimate of drug-likeness (QED) is 0.527. The van der Waals surface area contributed by atoms with Crippen LogP contribution in [0.5, 0.6) is 5.75 Å². The summed E-state index contributed by atoms with van der Waals surface area (Å²) in [5, 5.41) is 10.9. The highest BCUT2D eigenvalue weighted by Gasteiger charge is 2.33. The van der Waals surface area contributed by atoms with Gasteiger partial charge in [0.1, 0.15) is 23.5 Å². The lowest BCUT2D eigenvalue weighted by atomic mass is 9.99. The van der Waals surface area contributed by atoms with E-state index in [0.717, 1.165) is 11.9 Å². The average molecular weight is 508 g/mol. The standard InChI is InChI=1S/C27H27F2N5O3/c28-20-12-18(13-21(29)15-20)14-26(35)33-10-7-24(8-11-33)37-23-5-3-22(4-6-23)31-27(36)19-16-34(17-19)25-2-1-9-30-32-25/h1-6,9,12-13,15,19,24H,7-8,10-11,14,16-17H2,(H,31,36). The summed E-state index contributed by atoms with van der Waals surface area (Å²) in [5.41, 5.74) is 1.03. The van der Waals surface area contributed by atoms with Crippen LogP contribution in [0.3, 0.4) is 0 Å². The van der Waals surface area contributed by atoms with E-state index in [-0.39, 0.29) is 30.3 Å². The van der Waals surface area contributed by atoms with E-state index in [0.29, 0.717) is 56.0 Å². The molecule has 192 valence electrons. The Balaban J connectivity index is 1.04. The predicted molar refractivity (Wildman–Crippen MR) is 133 cm³/mol. The third-order valence-electron chi connectivity index (χ3n) is 6.63. The molecule has 0 aliphatic carbocycles. The Morgan fingerprint density at radius 2 is 1.70 bits per heavy atom. The Hall–Kier alpha value is -4.08. The van der Waals surface area contributed by atoms with Gasteiger partial charge in [-0.25, -0.2) is 8.78 Å². The molecular formula is C27H27F2N5O3. The molecule has 0 spiro atoms. The number of hydrogen-bond acceptors (Lipinski definition) is 6. The summed E-state index contributed by atoms with van der Waals surface area (Å²) in [7, 11) is 0. The van der Waals surface area contributed by atoms with Crippen LogP contribution >= 0.6 is 0 Å². The lowest BCUT2D eigenvalue weighted by Crippen LogP contribution is -2.52. The number of ether oxygens (including phenoxy) is 1. The molecule has 2 saturated heterocycles. The molecule has 3 heterocycles. The highest BCUT2D eigenvalue weighted by Crippen LogP contribution is 2.25. The monoisotopic (exact) mass is 507 g/mol. The van der Waals surface area contributed by atoms with E-state index >= 15 is 0 Å². The second-order valence-electron chi connectivity index (χ2n) is 9.35. The predicted octanol–water partition coefficient (Wildman–Crippen LogP) is 3.44. The van der Waals surface area contributed by atoms with Gasteiger partial charge >= 0.3 is 0 Å². The molecule has 2 aliphatic rings. The number of rotatable bonds is 7. The minimum Gasteiger partial charge on any atom is -0.490 e. The molecule has 2 aromatic carbocycles. The minimum atomic E-state index is -0.687. The fourth-order valence-corrected chi connectivity index (χ4v) is 4.57. The average Bonchev–Trinajstić information content (AvgIpc) is 2.85. The summed E-state index contributed by atoms with van der Waals surface area (Å²) in [4.78, 5) is 28.8. The molecule has 0 saturated carbocycles. The third-order valence-corrected chi connectivity index (χ3v) is 6.63. The Morgan fingerprint density at radius 3 is 2.35 bits per heavy atom. The maximum absolute atomic E-state index is 13.4. The molecule has 3 aromatic rings. The lowest BCUT2D eigenvalue weighted by Gasteiger charge is -2.38. The zero-order valence-electron chi connectivity index (χ0n) is 20.1. The van der Waals surface area contributed by atoms with Crippen LogP contribution in [0.15, 0.2) is 60.8 Å². The molecule has 5 rings (SSSR count). The number of hydrogen-bond donors (Lipinski definition) is 1. The van der Waals surface area contributed by atoms with Gasteiger partial charge < -0.3 is 19.9 Å². The number of anilines is 2. The Labute approximate surface area is 213 Å². The fourth-order valence-electron chi connectivity index (χ4n) is 4.57. The van der Waals surface area contributed by atoms with Crippen molar-refractivity contribution in [3.63, 3.8) is 0 Å². The van der Waals surface area contributed by atoms with Crippen molar-refractivity contribution < 1.29 is 23.1 Å². The van der Waals surface area contributed by atoms with E-state index in [9.17, 15) is 18.4 Å². The smallest absolute Gasteiger partial charge is 0.231 e. The first-order chi connectivity index (χ1) is 17.9. The Morgan fingerprint density at radius 1 is 1.00 bits per heavy atom. The molecule has 1 N–H and O–H groups in total. The van der Waals surface area contributed by atoms with Crippen LogP contribution < -0.4 is 15.0 Å². The van der Waals surface area contributed by atoms with Crippen LogP contribution in [0.1, 0.15) is 18.4 Å². The molecular weight excluding hydrogens is 480 g/mol. The van der Waals surface area contributed by atoms with E-state index in [4.69, 9.17) is 4.74 Å². The van der Waals surface area contributed by atoms with Crippen LogP contribution in [0, 0.1) is 17.6 Å². The zero-order valence-corrected chi connectivity index (χ0v) is 20.1. The number of carbonyl (C=O) groups excluding carboxylic acids is 2. The Kier molecular flexibility index (Phi) is 7.25. The zero-order chi connectivity index (χ0) is 25.8. The van der Waals surface area contributed by atoms with E-state index < -0.39 is 11.6 Å². The Bertz CT molecular complexity index is 1220. The molecule has 0 atom stereocenters. The number of nitrogens with one attached hydrogen (secondary N) is 1. The van der Waals surface area contributed by atoms with Gasteiger partial charge in [-0.1, -0.05) is 0 Å². The van der Waals surface area contributed by atoms with Gasteiger partial charge in [-0.3, -0.25) is 9.59 Å². The largest absolute Gasteiger partial charge is 0.490 e. The SMILES string of the molecule is O=C(Nc1ccc(OC2CCN(C(=O)Cc3cc(F)cc(F)c3)CC2)cc1)C1CN(c2cccnn2)C1. The van der Waals surface area contributed by atoms with E-state index in [1.54, 1.807) is 11.1 Å². The molecule has 2 aliphatic heterocycles. The van der Waals surface area contributed by atoms with Gasteiger partial charge in [0.05, 0.1) is 12.3 Å². The molecule has 2 fully saturated rings. The number of halogens is 2. The number of amides is 2. The number of likely N-dealkylation sites (tertiary alicyclic amines) is 1. The normalized spacial score (nSPS) is 16.3. The van der Waals surface area contributed by atoms with Crippen molar-refractivity contribution in [3.05, 3.63) is 78.0 Å². The third kappa shape index (κ3) is 6.19. The van der Waals surface area contributed by atoms with Crippen molar-refractivity contribution in [1.29, 1.82) is 0 Å². The highest BCUT2D eigenvalue weighted by molar-refractivity contribution is 5.94. The topological polar surface area (TPSA) is 87.7 Å². The van der Waals surface area contributed by atoms with Crippen LogP contribution in [-0.4, -0.2) is 59.2 Å². The van der Waals surface area contributed by atoms with Crippen molar-refractivity contribution in [2.45, 2.75) is 25.4 Å². The van der Waals surface area contributed by atoms with Crippen molar-refractivity contribution in [2.24, 2.45) is 5.92 Å². The minimum absolute atomic E-state index is 0.0351. The lowest BCUT2D eigenvalue weighted by molar-refractivity contribution is -0.132. The molecule has 8 nitrogen and oxygen atoms in total. The molecule has 0 unspecified atom stereocenters. The van der Waals surface area contributed by atoms with Crippen molar-refractivity contribution in [1.82, 2.24) is 15.1 Å². The van der Waals surface area contributed by atoms with Crippen molar-refractivity contribution >= 4 is 23.3 Å². The van der Waals surface area contributed by atoms with Crippen LogP contribution in [0.4, 0.5) is 20.3 Å². The number of benzene rings is 2. The van der Waals surface area contributed by atoms with Crippen molar-refractivity contribution in [2.75, 3.05) is 36.4 Å². The van der Waals surface area contributed by atoms with Gasteiger partial charge in [0.25, 0.3) is 0 Å². The fraction of sp³-hybridized carbons (Fsp3) is 0.333. The second-order valence-corrected chi connectivity index (χ2v) is 9.35. The molecule has 37 heavy (non-hydrogen) atoms. The maximum Gasteiger partial charge on any atom is 0.231 e. The number of nitrogens with zero attached hydrogens (tertiary/aromatic N) is 4. The van der Waals surface area contributed by atoms with Gasteiger partial charge in [-0.2, -0.15) is 5.10 Å². The summed E-state index contributed by atoms with van der Waals surface area (Å²) in [5.74, 6) is -0.213. The number of carbonyl (C=O) groups is 2. The van der Waals surface area contributed by atoms with E-state index in [2.05, 4.69) is 15.5 Å². The summed E-state index contributed by atoms with van der Waals surface area (Å²) in [6.45, 7) is 2.24. The summed E-state index contributed by atoms with van der Waals surface area (Å²) in [6.07, 6.45) is 2.86. The molecule has 1 aromatic heterocycles. The van der Waals surface area contributed by atoms with Gasteiger partial charge in [0.15, 0.2) is 5.82 Å². The van der Waals surface area contributed by atoms with Crippen LogP contribution in [0.2, 0.25) is 0 Å². The summed E-state index contributed by atoms with van der Waals surface area (Å²) in [6, 6.07) is 14.1. The van der Waals surface area contributed by atoms with Crippen molar-refractivity contribution in [3.8, 4) is 5.75 Å². The van der Waals surface area contributed by atoms with E-state index in [1.807, 2.05) is 41.3 Å². The van der Waals surface area contributed by atoms with Gasteiger partial charge in [-0.05, 0) is 54.1 Å². The first-order valence-corrected chi connectivity index (χ1v) is 12.3. The number of aromatic nitrogens is 2. The van der Waals surface area contributed by atoms with Gasteiger partial charge in [0, 0.05) is 57.0 Å². The molecule has 2 amide bonds. The first-order valence-electron chi connectivity index (χ1n) is 12.3. The maximum atomic E-state index is 13.4. The second kappa shape index (κ2) is 10.9. The summed E-state index contributed by atoms with van der Waals surface area (Å²) >= 11 is 0. The van der Waals surface area contributed by atoms with Crippen LogP contribution in [-0.2, 0) is 16.0 Å². The van der Waals surface area contributed by atoms with Gasteiger partial charge in [0.2, 0.25) is 11.8 Å². The molecule has 0 bridgehead atoms.